The van der Waals surface area contributed by atoms with E-state index in [0.717, 1.165) is 10.7 Å². The second-order valence-corrected chi connectivity index (χ2v) is 2.36. The molecule has 0 unspecified atom stereocenters. The summed E-state index contributed by atoms with van der Waals surface area (Å²) in [6.07, 6.45) is 0. The monoisotopic (exact) mass is 212 g/mol. The van der Waals surface area contributed by atoms with Gasteiger partial charge in [-0.05, 0) is 24.4 Å². The van der Waals surface area contributed by atoms with Gasteiger partial charge in [0.25, 0.3) is 0 Å². The fraction of sp³-hybridized carbons (Fsp3) is 0. The molecule has 0 amide bonds. The van der Waals surface area contributed by atoms with Crippen molar-refractivity contribution < 1.29 is 19.5 Å². The zero-order valence-electron chi connectivity index (χ0n) is 5.82. The van der Waals surface area contributed by atoms with Crippen molar-refractivity contribution in [2.75, 3.05) is 0 Å². The summed E-state index contributed by atoms with van der Waals surface area (Å²) in [5, 5.41) is 2.20. The molecule has 1 aromatic rings. The zero-order valence-corrected chi connectivity index (χ0v) is 9.60. The summed E-state index contributed by atoms with van der Waals surface area (Å²) in [7, 11) is 0. The molecule has 0 spiro atoms. The Balaban J connectivity index is 0.000000605. The van der Waals surface area contributed by atoms with Crippen molar-refractivity contribution in [2.24, 2.45) is 9.98 Å². The molecule has 0 aliphatic carbocycles. The van der Waals surface area contributed by atoms with E-state index in [4.69, 9.17) is 12.2 Å². The fourth-order valence-corrected chi connectivity index (χ4v) is 1.08. The van der Waals surface area contributed by atoms with Crippen LogP contribution in [0.25, 0.3) is 0 Å². The van der Waals surface area contributed by atoms with Crippen LogP contribution in [0.4, 0.5) is 0 Å². The Morgan fingerprint density at radius 1 is 1.00 bits per heavy atom. The number of nitrogens with zero attached hydrogens (tertiary/aromatic N) is 2. The summed E-state index contributed by atoms with van der Waals surface area (Å²) in [6, 6.07) is 7.65. The second-order valence-electron chi connectivity index (χ2n) is 1.99. The number of hydrogen-bond acceptors (Lipinski definition) is 1. The minimum absolute atomic E-state index is 0. The number of para-hydroxylation sites is 2. The SMILES string of the molecule is S=C1N=c2ccccc2=N1.[Zn]. The third-order valence-electron chi connectivity index (χ3n) is 1.31. The van der Waals surface area contributed by atoms with Gasteiger partial charge in [-0.15, -0.1) is 0 Å². The van der Waals surface area contributed by atoms with E-state index in [2.05, 4.69) is 9.98 Å². The maximum atomic E-state index is 4.79. The third-order valence-corrected chi connectivity index (χ3v) is 1.50. The first-order valence-corrected chi connectivity index (χ1v) is 3.33. The van der Waals surface area contributed by atoms with Gasteiger partial charge in [0.05, 0.1) is 10.7 Å². The molecule has 2 rings (SSSR count). The van der Waals surface area contributed by atoms with Crippen molar-refractivity contribution in [3.8, 4) is 0 Å². The van der Waals surface area contributed by atoms with Crippen LogP contribution in [0, 0.1) is 0 Å². The van der Waals surface area contributed by atoms with Gasteiger partial charge >= 0.3 is 0 Å². The van der Waals surface area contributed by atoms with Crippen molar-refractivity contribution in [2.45, 2.75) is 0 Å². The first-order chi connectivity index (χ1) is 4.86. The summed E-state index contributed by atoms with van der Waals surface area (Å²) >= 11 is 4.79. The normalized spacial score (nSPS) is 12.5. The maximum absolute atomic E-state index is 4.79. The maximum Gasteiger partial charge on any atom is 0.220 e. The van der Waals surface area contributed by atoms with Gasteiger partial charge < -0.3 is 0 Å². The molecule has 1 aliphatic heterocycles. The number of hydrogen-bond donors (Lipinski definition) is 0. The summed E-state index contributed by atoms with van der Waals surface area (Å²) in [5.74, 6) is 0. The molecular formula is C7H4N2SZn. The van der Waals surface area contributed by atoms with E-state index in [0.29, 0.717) is 5.11 Å². The third kappa shape index (κ3) is 1.58. The van der Waals surface area contributed by atoms with Crippen molar-refractivity contribution in [3.63, 3.8) is 0 Å². The van der Waals surface area contributed by atoms with E-state index >= 15 is 0 Å². The van der Waals surface area contributed by atoms with Gasteiger partial charge in [0, 0.05) is 19.5 Å². The molecule has 2 nitrogen and oxygen atoms in total. The van der Waals surface area contributed by atoms with Crippen LogP contribution >= 0.6 is 12.2 Å². The van der Waals surface area contributed by atoms with Crippen LogP contribution in [0.15, 0.2) is 34.3 Å². The Labute approximate surface area is 81.8 Å². The predicted molar refractivity (Wildman–Crippen MR) is 41.4 cm³/mol. The Hall–Kier alpha value is -0.467. The number of fused-ring (bicyclic) bond motifs is 1. The van der Waals surface area contributed by atoms with Crippen LogP contribution < -0.4 is 10.7 Å². The molecular weight excluding hydrogens is 210 g/mol. The van der Waals surface area contributed by atoms with Gasteiger partial charge in [0.1, 0.15) is 0 Å². The molecule has 1 aromatic carbocycles. The van der Waals surface area contributed by atoms with Crippen LogP contribution in [0.3, 0.4) is 0 Å². The molecule has 0 fully saturated rings. The van der Waals surface area contributed by atoms with Gasteiger partial charge in [-0.2, -0.15) is 0 Å². The average molecular weight is 214 g/mol. The second kappa shape index (κ2) is 3.29. The van der Waals surface area contributed by atoms with Gasteiger partial charge in [-0.3, -0.25) is 0 Å². The summed E-state index contributed by atoms with van der Waals surface area (Å²) in [5.41, 5.74) is 0. The molecule has 1 aliphatic rings. The van der Waals surface area contributed by atoms with E-state index in [9.17, 15) is 0 Å². The average Bonchev–Trinajstić information content (AvgIpc) is 2.27. The van der Waals surface area contributed by atoms with Gasteiger partial charge in [-0.25, -0.2) is 9.98 Å². The Kier molecular flexibility index (Phi) is 2.58. The Bertz CT molecular complexity index is 362. The standard InChI is InChI=1S/C7H4N2S.Zn/c10-7-8-5-3-1-2-4-6(5)9-7;/h1-4H;. The van der Waals surface area contributed by atoms with Crippen molar-refractivity contribution >= 4 is 17.3 Å². The van der Waals surface area contributed by atoms with E-state index in [-0.39, 0.29) is 19.5 Å². The molecule has 0 N–H and O–H groups in total. The topological polar surface area (TPSA) is 24.7 Å². The van der Waals surface area contributed by atoms with Crippen molar-refractivity contribution in [1.82, 2.24) is 0 Å². The van der Waals surface area contributed by atoms with Crippen molar-refractivity contribution in [1.29, 1.82) is 0 Å². The van der Waals surface area contributed by atoms with E-state index in [1.807, 2.05) is 24.3 Å². The molecule has 11 heavy (non-hydrogen) atoms. The van der Waals surface area contributed by atoms with Crippen LogP contribution in [-0.4, -0.2) is 5.11 Å². The molecule has 1 heterocycles. The van der Waals surface area contributed by atoms with Crippen LogP contribution in [-0.2, 0) is 19.5 Å². The zero-order chi connectivity index (χ0) is 6.97. The van der Waals surface area contributed by atoms with Crippen LogP contribution in [0.2, 0.25) is 0 Å². The molecule has 0 saturated heterocycles. The molecule has 0 aromatic heterocycles. The molecule has 0 bridgehead atoms. The quantitative estimate of drug-likeness (QED) is 0.447. The Morgan fingerprint density at radius 2 is 1.45 bits per heavy atom. The van der Waals surface area contributed by atoms with Crippen LogP contribution in [0.1, 0.15) is 0 Å². The van der Waals surface area contributed by atoms with E-state index in [1.165, 1.54) is 0 Å². The predicted octanol–water partition coefficient (Wildman–Crippen LogP) is 0.222. The summed E-state index contributed by atoms with van der Waals surface area (Å²) in [6.45, 7) is 0. The Morgan fingerprint density at radius 3 is 1.91 bits per heavy atom. The van der Waals surface area contributed by atoms with Gasteiger partial charge in [0.15, 0.2) is 0 Å². The van der Waals surface area contributed by atoms with Crippen LogP contribution in [0.5, 0.6) is 0 Å². The summed E-state index contributed by atoms with van der Waals surface area (Å²) < 4.78 is 0. The molecule has 0 atom stereocenters. The molecule has 0 saturated carbocycles. The van der Waals surface area contributed by atoms with E-state index in [1.54, 1.807) is 0 Å². The molecule has 4 heteroatoms. The minimum Gasteiger partial charge on any atom is -0.217 e. The van der Waals surface area contributed by atoms with E-state index < -0.39 is 0 Å². The van der Waals surface area contributed by atoms with Crippen molar-refractivity contribution in [3.05, 3.63) is 35.0 Å². The van der Waals surface area contributed by atoms with Gasteiger partial charge in [-0.1, -0.05) is 12.1 Å². The number of benzene rings is 1. The number of thiocarbonyl (C=S) groups is 1. The first kappa shape index (κ1) is 8.63. The fourth-order valence-electron chi connectivity index (χ4n) is 0.884. The largest absolute Gasteiger partial charge is 0.220 e. The van der Waals surface area contributed by atoms with Gasteiger partial charge in [0.2, 0.25) is 5.11 Å². The minimum atomic E-state index is 0. The first-order valence-electron chi connectivity index (χ1n) is 2.93. The smallest absolute Gasteiger partial charge is 0.217 e. The summed E-state index contributed by atoms with van der Waals surface area (Å²) in [4.78, 5) is 8.03. The number of rotatable bonds is 0. The molecule has 0 radical (unpaired) electrons. The molecule has 50 valence electrons.